The molecule has 0 unspecified atom stereocenters. The number of carboxylic acids is 1. The van der Waals surface area contributed by atoms with Crippen molar-refractivity contribution in [2.75, 3.05) is 0 Å². The van der Waals surface area contributed by atoms with Gasteiger partial charge >= 0.3 is 5.97 Å². The molecule has 4 nitrogen and oxygen atoms in total. The predicted molar refractivity (Wildman–Crippen MR) is 73.9 cm³/mol. The molecule has 1 amide bonds. The van der Waals surface area contributed by atoms with Crippen LogP contribution >= 0.6 is 0 Å². The van der Waals surface area contributed by atoms with Crippen molar-refractivity contribution < 1.29 is 14.7 Å². The molecule has 1 aromatic rings. The van der Waals surface area contributed by atoms with Crippen molar-refractivity contribution in [2.45, 2.75) is 46.1 Å². The standard InChI is InChI=1S/C15H21NO3/c1-11-7-8-13(12(2)9-11)10-16-14(17)5-3-4-6-15(18)19/h7-9H,3-6,10H2,1-2H3,(H,16,17)(H,18,19). The van der Waals surface area contributed by atoms with Crippen LogP contribution in [0.25, 0.3) is 0 Å². The predicted octanol–water partition coefficient (Wildman–Crippen LogP) is 2.56. The first-order chi connectivity index (χ1) is 8.99. The third kappa shape index (κ3) is 6.04. The van der Waals surface area contributed by atoms with E-state index in [4.69, 9.17) is 5.11 Å². The molecule has 0 atom stereocenters. The monoisotopic (exact) mass is 263 g/mol. The van der Waals surface area contributed by atoms with Crippen LogP contribution in [0.5, 0.6) is 0 Å². The fourth-order valence-electron chi connectivity index (χ4n) is 1.89. The number of nitrogens with one attached hydrogen (secondary N) is 1. The summed E-state index contributed by atoms with van der Waals surface area (Å²) >= 11 is 0. The van der Waals surface area contributed by atoms with Crippen LogP contribution in [0, 0.1) is 13.8 Å². The minimum absolute atomic E-state index is 0.0228. The van der Waals surface area contributed by atoms with Gasteiger partial charge in [-0.25, -0.2) is 0 Å². The van der Waals surface area contributed by atoms with E-state index >= 15 is 0 Å². The maximum atomic E-state index is 11.6. The number of unbranched alkanes of at least 4 members (excludes halogenated alkanes) is 1. The van der Waals surface area contributed by atoms with Gasteiger partial charge in [-0.1, -0.05) is 23.8 Å². The number of rotatable bonds is 7. The Hall–Kier alpha value is -1.84. The molecule has 0 heterocycles. The van der Waals surface area contributed by atoms with E-state index in [0.29, 0.717) is 25.8 Å². The van der Waals surface area contributed by atoms with E-state index in [2.05, 4.69) is 11.4 Å². The zero-order chi connectivity index (χ0) is 14.3. The summed E-state index contributed by atoms with van der Waals surface area (Å²) in [6.45, 7) is 4.60. The van der Waals surface area contributed by atoms with Gasteiger partial charge in [-0.2, -0.15) is 0 Å². The van der Waals surface area contributed by atoms with Gasteiger partial charge in [0.2, 0.25) is 5.91 Å². The third-order valence-corrected chi connectivity index (χ3v) is 3.02. The normalized spacial score (nSPS) is 10.2. The van der Waals surface area contributed by atoms with Gasteiger partial charge in [0.15, 0.2) is 0 Å². The lowest BCUT2D eigenvalue weighted by molar-refractivity contribution is -0.137. The van der Waals surface area contributed by atoms with Gasteiger partial charge < -0.3 is 10.4 Å². The molecule has 19 heavy (non-hydrogen) atoms. The van der Waals surface area contributed by atoms with Crippen LogP contribution in [0.2, 0.25) is 0 Å². The molecule has 0 aromatic heterocycles. The minimum Gasteiger partial charge on any atom is -0.481 e. The lowest BCUT2D eigenvalue weighted by Crippen LogP contribution is -2.22. The SMILES string of the molecule is Cc1ccc(CNC(=O)CCCCC(=O)O)c(C)c1. The van der Waals surface area contributed by atoms with Crippen molar-refractivity contribution in [3.63, 3.8) is 0 Å². The molecule has 1 rings (SSSR count). The highest BCUT2D eigenvalue weighted by molar-refractivity contribution is 5.76. The molecule has 0 spiro atoms. The largest absolute Gasteiger partial charge is 0.481 e. The van der Waals surface area contributed by atoms with E-state index in [1.807, 2.05) is 26.0 Å². The van der Waals surface area contributed by atoms with Crippen LogP contribution in [0.1, 0.15) is 42.4 Å². The Bertz CT molecular complexity index is 455. The fraction of sp³-hybridized carbons (Fsp3) is 0.467. The van der Waals surface area contributed by atoms with Crippen LogP contribution in [0.3, 0.4) is 0 Å². The van der Waals surface area contributed by atoms with Crippen molar-refractivity contribution in [2.24, 2.45) is 0 Å². The molecule has 2 N–H and O–H groups in total. The molecule has 0 radical (unpaired) electrons. The van der Waals surface area contributed by atoms with Gasteiger partial charge in [0.25, 0.3) is 0 Å². The smallest absolute Gasteiger partial charge is 0.303 e. The first-order valence-electron chi connectivity index (χ1n) is 6.53. The average Bonchev–Trinajstić information content (AvgIpc) is 2.33. The number of amides is 1. The summed E-state index contributed by atoms with van der Waals surface area (Å²) in [6, 6.07) is 6.14. The van der Waals surface area contributed by atoms with Gasteiger partial charge in [0.1, 0.15) is 0 Å². The van der Waals surface area contributed by atoms with Gasteiger partial charge in [-0.15, -0.1) is 0 Å². The molecule has 0 aliphatic heterocycles. The van der Waals surface area contributed by atoms with E-state index in [1.165, 1.54) is 11.1 Å². The maximum absolute atomic E-state index is 11.6. The Balaban J connectivity index is 2.28. The van der Waals surface area contributed by atoms with Crippen molar-refractivity contribution in [3.8, 4) is 0 Å². The number of benzene rings is 1. The van der Waals surface area contributed by atoms with E-state index in [1.54, 1.807) is 0 Å². The molecule has 0 aliphatic carbocycles. The molecular formula is C15H21NO3. The summed E-state index contributed by atoms with van der Waals surface area (Å²) in [5, 5.41) is 11.3. The molecule has 0 saturated carbocycles. The van der Waals surface area contributed by atoms with Crippen LogP contribution in [0.15, 0.2) is 18.2 Å². The summed E-state index contributed by atoms with van der Waals surface area (Å²) in [4.78, 5) is 21.9. The quantitative estimate of drug-likeness (QED) is 0.743. The molecular weight excluding hydrogens is 242 g/mol. The number of aliphatic carboxylic acids is 1. The van der Waals surface area contributed by atoms with E-state index in [9.17, 15) is 9.59 Å². The third-order valence-electron chi connectivity index (χ3n) is 3.02. The lowest BCUT2D eigenvalue weighted by Gasteiger charge is -2.08. The topological polar surface area (TPSA) is 66.4 Å². The summed E-state index contributed by atoms with van der Waals surface area (Å²) in [5.74, 6) is -0.832. The van der Waals surface area contributed by atoms with Gasteiger partial charge in [-0.05, 0) is 37.8 Å². The molecule has 4 heteroatoms. The first-order valence-corrected chi connectivity index (χ1v) is 6.53. The Morgan fingerprint density at radius 1 is 1.16 bits per heavy atom. The van der Waals surface area contributed by atoms with E-state index in [-0.39, 0.29) is 12.3 Å². The van der Waals surface area contributed by atoms with Crippen molar-refractivity contribution in [3.05, 3.63) is 34.9 Å². The molecule has 1 aromatic carbocycles. The summed E-state index contributed by atoms with van der Waals surface area (Å²) < 4.78 is 0. The van der Waals surface area contributed by atoms with E-state index < -0.39 is 5.97 Å². The first kappa shape index (κ1) is 15.2. The molecule has 0 bridgehead atoms. The second-order valence-electron chi connectivity index (χ2n) is 4.81. The Morgan fingerprint density at radius 3 is 2.47 bits per heavy atom. The Morgan fingerprint density at radius 2 is 1.84 bits per heavy atom. The zero-order valence-corrected chi connectivity index (χ0v) is 11.5. The van der Waals surface area contributed by atoms with Crippen molar-refractivity contribution >= 4 is 11.9 Å². The van der Waals surface area contributed by atoms with Crippen LogP contribution in [-0.4, -0.2) is 17.0 Å². The van der Waals surface area contributed by atoms with Crippen LogP contribution < -0.4 is 5.32 Å². The summed E-state index contributed by atoms with van der Waals surface area (Å²) in [7, 11) is 0. The number of aryl methyl sites for hydroxylation is 2. The Kier molecular flexibility index (Phi) is 6.06. The number of hydrogen-bond acceptors (Lipinski definition) is 2. The van der Waals surface area contributed by atoms with Crippen LogP contribution in [0.4, 0.5) is 0 Å². The highest BCUT2D eigenvalue weighted by Gasteiger charge is 2.04. The highest BCUT2D eigenvalue weighted by Crippen LogP contribution is 2.10. The lowest BCUT2D eigenvalue weighted by atomic mass is 10.1. The Labute approximate surface area is 113 Å². The molecule has 0 fully saturated rings. The number of carbonyl (C=O) groups is 2. The summed E-state index contributed by atoms with van der Waals surface area (Å²) in [6.07, 6.45) is 1.68. The number of carboxylic acid groups (broad SMARTS) is 1. The zero-order valence-electron chi connectivity index (χ0n) is 11.5. The number of hydrogen-bond donors (Lipinski definition) is 2. The molecule has 0 aliphatic rings. The van der Waals surface area contributed by atoms with Crippen molar-refractivity contribution in [1.29, 1.82) is 0 Å². The minimum atomic E-state index is -0.810. The van der Waals surface area contributed by atoms with Gasteiger partial charge in [0.05, 0.1) is 0 Å². The van der Waals surface area contributed by atoms with Crippen LogP contribution in [-0.2, 0) is 16.1 Å². The number of carbonyl (C=O) groups excluding carboxylic acids is 1. The van der Waals surface area contributed by atoms with Gasteiger partial charge in [-0.3, -0.25) is 9.59 Å². The second-order valence-corrected chi connectivity index (χ2v) is 4.81. The van der Waals surface area contributed by atoms with Gasteiger partial charge in [0, 0.05) is 19.4 Å². The van der Waals surface area contributed by atoms with E-state index in [0.717, 1.165) is 5.56 Å². The average molecular weight is 263 g/mol. The molecule has 104 valence electrons. The molecule has 0 saturated heterocycles. The van der Waals surface area contributed by atoms with Crippen molar-refractivity contribution in [1.82, 2.24) is 5.32 Å². The summed E-state index contributed by atoms with van der Waals surface area (Å²) in [5.41, 5.74) is 3.50. The maximum Gasteiger partial charge on any atom is 0.303 e. The fourth-order valence-corrected chi connectivity index (χ4v) is 1.89. The highest BCUT2D eigenvalue weighted by atomic mass is 16.4. The second kappa shape index (κ2) is 7.56.